The van der Waals surface area contributed by atoms with Crippen LogP contribution in [-0.2, 0) is 4.79 Å². The first kappa shape index (κ1) is 22.1. The molecule has 0 radical (unpaired) electrons. The van der Waals surface area contributed by atoms with Crippen molar-refractivity contribution in [3.05, 3.63) is 82.1 Å². The van der Waals surface area contributed by atoms with E-state index in [1.165, 1.54) is 0 Å². The lowest BCUT2D eigenvalue weighted by atomic mass is 9.79. The monoisotopic (exact) mass is 388 g/mol. The van der Waals surface area contributed by atoms with Crippen LogP contribution in [0.25, 0.3) is 0 Å². The van der Waals surface area contributed by atoms with Crippen molar-refractivity contribution in [1.82, 2.24) is 4.98 Å². The van der Waals surface area contributed by atoms with E-state index in [-0.39, 0.29) is 11.7 Å². The van der Waals surface area contributed by atoms with Gasteiger partial charge in [0.25, 0.3) is 0 Å². The topological polar surface area (TPSA) is 63.0 Å². The number of ether oxygens (including phenoxy) is 1. The summed E-state index contributed by atoms with van der Waals surface area (Å²) in [5, 5.41) is 9.25. The predicted octanol–water partition coefficient (Wildman–Crippen LogP) is 5.58. The van der Waals surface area contributed by atoms with Crippen molar-refractivity contribution in [2.75, 3.05) is 6.61 Å². The van der Waals surface area contributed by atoms with Crippen LogP contribution in [0.15, 0.2) is 54.3 Å². The molecule has 0 amide bonds. The smallest absolute Gasteiger partial charge is 0.217 e. The van der Waals surface area contributed by atoms with Crippen LogP contribution in [0.3, 0.4) is 0 Å². The summed E-state index contributed by atoms with van der Waals surface area (Å²) in [6, 6.07) is 9.75. The number of allylic oxidation sites excluding steroid dienone is 3. The summed E-state index contributed by atoms with van der Waals surface area (Å²) in [6.07, 6.45) is 4.34. The Hall–Kier alpha value is -3.19. The number of carbonyl (C=O) groups excluding carboxylic acids is 1. The first-order valence-corrected chi connectivity index (χ1v) is 9.78. The quantitative estimate of drug-likeness (QED) is 0.437. The van der Waals surface area contributed by atoms with Crippen LogP contribution in [0.4, 0.5) is 0 Å². The summed E-state index contributed by atoms with van der Waals surface area (Å²) in [7, 11) is 0. The van der Waals surface area contributed by atoms with E-state index in [0.29, 0.717) is 23.6 Å². The number of rotatable bonds is 8. The van der Waals surface area contributed by atoms with Gasteiger partial charge in [-0.15, -0.1) is 0 Å². The first-order valence-electron chi connectivity index (χ1n) is 9.78. The lowest BCUT2D eigenvalue weighted by Crippen LogP contribution is -2.16. The molecule has 0 spiro atoms. The normalized spacial score (nSPS) is 12.6. The molecule has 29 heavy (non-hydrogen) atoms. The second-order valence-corrected chi connectivity index (χ2v) is 7.23. The van der Waals surface area contributed by atoms with E-state index in [1.54, 1.807) is 25.3 Å². The number of hydrogen-bond acceptors (Lipinski definition) is 4. The van der Waals surface area contributed by atoms with Gasteiger partial charge in [-0.05, 0) is 74.6 Å². The Balaban J connectivity index is 2.86. The summed E-state index contributed by atoms with van der Waals surface area (Å²) in [4.78, 5) is 17.3. The van der Waals surface area contributed by atoms with E-state index in [0.717, 1.165) is 34.2 Å². The van der Waals surface area contributed by atoms with Crippen LogP contribution >= 0.6 is 0 Å². The molecule has 1 aromatic heterocycles. The van der Waals surface area contributed by atoms with Gasteiger partial charge in [0.05, 0.1) is 18.2 Å². The molecule has 4 nitrogen and oxygen atoms in total. The minimum Gasteiger partial charge on any atom is -0.477 e. The Morgan fingerprint density at radius 3 is 2.55 bits per heavy atom. The molecular weight excluding hydrogens is 360 g/mol. The summed E-state index contributed by atoms with van der Waals surface area (Å²) in [5.41, 5.74) is 5.77. The van der Waals surface area contributed by atoms with E-state index < -0.39 is 0 Å². The fraction of sp³-hybridized carbons (Fsp3) is 0.320. The van der Waals surface area contributed by atoms with Crippen LogP contribution in [0.2, 0.25) is 0 Å². The number of pyridine rings is 1. The number of aromatic nitrogens is 1. The number of aryl methyl sites for hydroxylation is 2. The van der Waals surface area contributed by atoms with Gasteiger partial charge < -0.3 is 4.74 Å². The second-order valence-electron chi connectivity index (χ2n) is 7.23. The van der Waals surface area contributed by atoms with Gasteiger partial charge in [-0.25, -0.2) is 4.98 Å². The lowest BCUT2D eigenvalue weighted by molar-refractivity contribution is -0.113. The van der Waals surface area contributed by atoms with Gasteiger partial charge in [0.1, 0.15) is 0 Å². The van der Waals surface area contributed by atoms with Crippen molar-refractivity contribution in [2.24, 2.45) is 0 Å². The molecule has 0 unspecified atom stereocenters. The molecule has 0 fully saturated rings. The maximum Gasteiger partial charge on any atom is 0.217 e. The molecule has 150 valence electrons. The van der Waals surface area contributed by atoms with Crippen molar-refractivity contribution in [3.63, 3.8) is 0 Å². The SMILES string of the molecule is C=C/C(C)=C(/C(C)=O)[C@@H](c1ccc(C#N)cc1C)c1cc(C)cnc1OCCC. The van der Waals surface area contributed by atoms with Crippen LogP contribution in [0, 0.1) is 25.2 Å². The molecule has 2 rings (SSSR count). The molecule has 1 atom stereocenters. The lowest BCUT2D eigenvalue weighted by Gasteiger charge is -2.25. The molecule has 2 aromatic rings. The highest BCUT2D eigenvalue weighted by Gasteiger charge is 2.29. The maximum atomic E-state index is 12.8. The van der Waals surface area contributed by atoms with E-state index in [2.05, 4.69) is 17.6 Å². The molecule has 0 saturated carbocycles. The predicted molar refractivity (Wildman–Crippen MR) is 116 cm³/mol. The van der Waals surface area contributed by atoms with Gasteiger partial charge in [-0.1, -0.05) is 25.6 Å². The second kappa shape index (κ2) is 9.84. The van der Waals surface area contributed by atoms with Gasteiger partial charge in [-0.2, -0.15) is 5.26 Å². The Kier molecular flexibility index (Phi) is 7.50. The number of nitrogens with zero attached hydrogens (tertiary/aromatic N) is 2. The van der Waals surface area contributed by atoms with Gasteiger partial charge in [-0.3, -0.25) is 4.79 Å². The van der Waals surface area contributed by atoms with Gasteiger partial charge in [0, 0.05) is 23.3 Å². The largest absolute Gasteiger partial charge is 0.477 e. The zero-order valence-electron chi connectivity index (χ0n) is 17.9. The molecular formula is C25H28N2O2. The zero-order valence-corrected chi connectivity index (χ0v) is 17.9. The highest BCUT2D eigenvalue weighted by molar-refractivity contribution is 5.97. The Labute approximate surface area is 173 Å². The number of nitriles is 1. The molecule has 0 aliphatic heterocycles. The first-order chi connectivity index (χ1) is 13.8. The number of Topliss-reactive ketones (excluding diaryl/α,β-unsaturated/α-hetero) is 1. The third kappa shape index (κ3) is 5.00. The average Bonchev–Trinajstić information content (AvgIpc) is 2.70. The highest BCUT2D eigenvalue weighted by Crippen LogP contribution is 2.40. The summed E-state index contributed by atoms with van der Waals surface area (Å²) >= 11 is 0. The molecule has 4 heteroatoms. The van der Waals surface area contributed by atoms with Crippen molar-refractivity contribution < 1.29 is 9.53 Å². The van der Waals surface area contributed by atoms with Crippen LogP contribution < -0.4 is 4.74 Å². The number of benzene rings is 1. The average molecular weight is 389 g/mol. The number of carbonyl (C=O) groups is 1. The van der Waals surface area contributed by atoms with Crippen LogP contribution in [0.1, 0.15) is 60.9 Å². The Bertz CT molecular complexity index is 996. The Morgan fingerprint density at radius 2 is 2.00 bits per heavy atom. The van der Waals surface area contributed by atoms with E-state index in [9.17, 15) is 10.1 Å². The minimum atomic E-state index is -0.363. The van der Waals surface area contributed by atoms with E-state index in [1.807, 2.05) is 45.9 Å². The molecule has 0 N–H and O–H groups in total. The maximum absolute atomic E-state index is 12.8. The highest BCUT2D eigenvalue weighted by atomic mass is 16.5. The molecule has 1 aromatic carbocycles. The van der Waals surface area contributed by atoms with Gasteiger partial charge in [0.15, 0.2) is 5.78 Å². The van der Waals surface area contributed by atoms with Gasteiger partial charge >= 0.3 is 0 Å². The van der Waals surface area contributed by atoms with E-state index >= 15 is 0 Å². The molecule has 1 heterocycles. The third-order valence-electron chi connectivity index (χ3n) is 4.88. The van der Waals surface area contributed by atoms with E-state index in [4.69, 9.17) is 4.74 Å². The van der Waals surface area contributed by atoms with Crippen LogP contribution in [-0.4, -0.2) is 17.4 Å². The molecule has 0 aliphatic rings. The Morgan fingerprint density at radius 1 is 1.28 bits per heavy atom. The fourth-order valence-corrected chi connectivity index (χ4v) is 3.47. The fourth-order valence-electron chi connectivity index (χ4n) is 3.47. The summed E-state index contributed by atoms with van der Waals surface area (Å²) in [5.74, 6) is 0.137. The molecule has 0 saturated heterocycles. The molecule has 0 aliphatic carbocycles. The third-order valence-corrected chi connectivity index (χ3v) is 4.88. The minimum absolute atomic E-state index is 0.0286. The van der Waals surface area contributed by atoms with Gasteiger partial charge in [0.2, 0.25) is 5.88 Å². The summed E-state index contributed by atoms with van der Waals surface area (Å²) in [6.45, 7) is 13.9. The standard InChI is InChI=1S/C25H28N2O2/c1-7-11-29-25-22(12-16(3)15-27-25)24(23(19(6)28)17(4)8-2)21-10-9-20(14-26)13-18(21)5/h8-10,12-13,15,24H,2,7,11H2,1,3-6H3/b23-17-/t24-/m0/s1. The zero-order chi connectivity index (χ0) is 21.6. The van der Waals surface area contributed by atoms with Crippen molar-refractivity contribution >= 4 is 5.78 Å². The number of hydrogen-bond donors (Lipinski definition) is 0. The number of ketones is 1. The van der Waals surface area contributed by atoms with Crippen molar-refractivity contribution in [2.45, 2.75) is 47.0 Å². The summed E-state index contributed by atoms with van der Waals surface area (Å²) < 4.78 is 5.95. The molecule has 0 bridgehead atoms. The van der Waals surface area contributed by atoms with Crippen LogP contribution in [0.5, 0.6) is 5.88 Å². The van der Waals surface area contributed by atoms with Crippen molar-refractivity contribution in [1.29, 1.82) is 5.26 Å². The van der Waals surface area contributed by atoms with Crippen molar-refractivity contribution in [3.8, 4) is 11.9 Å².